The summed E-state index contributed by atoms with van der Waals surface area (Å²) in [6.45, 7) is 0.600. The maximum atomic E-state index is 11.8. The van der Waals surface area contributed by atoms with Gasteiger partial charge in [-0.05, 0) is 35.7 Å². The number of nitrogens with one attached hydrogen (secondary N) is 2. The van der Waals surface area contributed by atoms with Gasteiger partial charge < -0.3 is 16.4 Å². The second-order valence-corrected chi connectivity index (χ2v) is 7.06. The van der Waals surface area contributed by atoms with Crippen molar-refractivity contribution < 1.29 is 14.4 Å². The molecule has 0 unspecified atom stereocenters. The summed E-state index contributed by atoms with van der Waals surface area (Å²) in [5.74, 6) is -0.865. The van der Waals surface area contributed by atoms with E-state index in [9.17, 15) is 14.4 Å². The molecule has 0 radical (unpaired) electrons. The number of thiophene rings is 2. The van der Waals surface area contributed by atoms with E-state index in [1.807, 2.05) is 17.5 Å². The summed E-state index contributed by atoms with van der Waals surface area (Å²) in [5.41, 5.74) is 5.53. The molecule has 4 N–H and O–H groups in total. The molecule has 2 rings (SSSR count). The number of hydrogen-bond donors (Lipinski definition) is 3. The SMILES string of the molecule is NC(=O)c1ccsc1NC(=O)CCCC(=O)NCCc1cccs1. The van der Waals surface area contributed by atoms with Crippen LogP contribution < -0.4 is 16.4 Å². The van der Waals surface area contributed by atoms with Gasteiger partial charge in [0.2, 0.25) is 11.8 Å². The third kappa shape index (κ3) is 5.78. The highest BCUT2D eigenvalue weighted by atomic mass is 32.1. The Balaban J connectivity index is 1.62. The van der Waals surface area contributed by atoms with Crippen LogP contribution in [-0.4, -0.2) is 24.3 Å². The fraction of sp³-hybridized carbons (Fsp3) is 0.312. The van der Waals surface area contributed by atoms with Gasteiger partial charge in [0.25, 0.3) is 5.91 Å². The maximum absolute atomic E-state index is 11.8. The Bertz CT molecular complexity index is 695. The first-order valence-corrected chi connectivity index (χ1v) is 9.28. The summed E-state index contributed by atoms with van der Waals surface area (Å²) in [6, 6.07) is 5.59. The Labute approximate surface area is 148 Å². The van der Waals surface area contributed by atoms with Crippen LogP contribution in [0.4, 0.5) is 5.00 Å². The lowest BCUT2D eigenvalue weighted by Gasteiger charge is -2.06. The average Bonchev–Trinajstić information content (AvgIpc) is 3.18. The molecule has 2 heterocycles. The summed E-state index contributed by atoms with van der Waals surface area (Å²) in [5, 5.41) is 9.65. The van der Waals surface area contributed by atoms with Crippen molar-refractivity contribution in [3.05, 3.63) is 39.4 Å². The fourth-order valence-electron chi connectivity index (χ4n) is 2.07. The van der Waals surface area contributed by atoms with Gasteiger partial charge in [-0.15, -0.1) is 22.7 Å². The Morgan fingerprint density at radius 3 is 2.54 bits per heavy atom. The van der Waals surface area contributed by atoms with Crippen LogP contribution >= 0.6 is 22.7 Å². The lowest BCUT2D eigenvalue weighted by atomic mass is 10.2. The van der Waals surface area contributed by atoms with E-state index in [1.54, 1.807) is 22.8 Å². The first-order chi connectivity index (χ1) is 11.6. The predicted molar refractivity (Wildman–Crippen MR) is 96.4 cm³/mol. The van der Waals surface area contributed by atoms with Crippen molar-refractivity contribution in [3.8, 4) is 0 Å². The van der Waals surface area contributed by atoms with E-state index >= 15 is 0 Å². The molecule has 0 saturated carbocycles. The first kappa shape index (κ1) is 18.2. The van der Waals surface area contributed by atoms with Crippen LogP contribution in [0.5, 0.6) is 0 Å². The van der Waals surface area contributed by atoms with E-state index in [0.29, 0.717) is 30.0 Å². The molecule has 2 aromatic heterocycles. The molecule has 0 aliphatic heterocycles. The molecule has 0 aliphatic carbocycles. The number of primary amides is 1. The number of amides is 3. The molecule has 0 bridgehead atoms. The van der Waals surface area contributed by atoms with E-state index in [-0.39, 0.29) is 18.2 Å². The van der Waals surface area contributed by atoms with Crippen LogP contribution in [0.2, 0.25) is 0 Å². The summed E-state index contributed by atoms with van der Waals surface area (Å²) in [4.78, 5) is 36.0. The van der Waals surface area contributed by atoms with Crippen molar-refractivity contribution in [1.29, 1.82) is 0 Å². The van der Waals surface area contributed by atoms with Crippen molar-refractivity contribution in [2.75, 3.05) is 11.9 Å². The Morgan fingerprint density at radius 2 is 1.83 bits per heavy atom. The monoisotopic (exact) mass is 365 g/mol. The van der Waals surface area contributed by atoms with Crippen molar-refractivity contribution in [3.63, 3.8) is 0 Å². The molecule has 3 amide bonds. The number of nitrogens with two attached hydrogens (primary N) is 1. The van der Waals surface area contributed by atoms with E-state index in [1.165, 1.54) is 16.2 Å². The topological polar surface area (TPSA) is 101 Å². The smallest absolute Gasteiger partial charge is 0.251 e. The predicted octanol–water partition coefficient (Wildman–Crippen LogP) is 2.38. The van der Waals surface area contributed by atoms with Gasteiger partial charge in [-0.25, -0.2) is 0 Å². The average molecular weight is 365 g/mol. The number of carbonyl (C=O) groups excluding carboxylic acids is 3. The first-order valence-electron chi connectivity index (χ1n) is 7.52. The molecule has 0 aliphatic rings. The Kier molecular flexibility index (Phi) is 6.95. The van der Waals surface area contributed by atoms with Crippen molar-refractivity contribution in [2.45, 2.75) is 25.7 Å². The summed E-state index contributed by atoms with van der Waals surface area (Å²) in [6.07, 6.45) is 1.78. The lowest BCUT2D eigenvalue weighted by molar-refractivity contribution is -0.121. The van der Waals surface area contributed by atoms with E-state index in [4.69, 9.17) is 5.73 Å². The van der Waals surface area contributed by atoms with Gasteiger partial charge in [0.1, 0.15) is 5.00 Å². The second-order valence-electron chi connectivity index (χ2n) is 5.11. The normalized spacial score (nSPS) is 10.3. The Hall–Kier alpha value is -2.19. The zero-order valence-corrected chi connectivity index (χ0v) is 14.7. The molecule has 24 heavy (non-hydrogen) atoms. The highest BCUT2D eigenvalue weighted by molar-refractivity contribution is 7.14. The van der Waals surface area contributed by atoms with Crippen LogP contribution in [0.3, 0.4) is 0 Å². The number of hydrogen-bond acceptors (Lipinski definition) is 5. The zero-order valence-electron chi connectivity index (χ0n) is 13.0. The molecular weight excluding hydrogens is 346 g/mol. The Morgan fingerprint density at radius 1 is 1.04 bits per heavy atom. The van der Waals surface area contributed by atoms with Gasteiger partial charge in [0, 0.05) is 24.3 Å². The minimum Gasteiger partial charge on any atom is -0.366 e. The molecule has 0 spiro atoms. The molecule has 0 fully saturated rings. The molecule has 6 nitrogen and oxygen atoms in total. The zero-order chi connectivity index (χ0) is 17.4. The molecule has 128 valence electrons. The third-order valence-corrected chi connectivity index (χ3v) is 5.03. The van der Waals surface area contributed by atoms with Gasteiger partial charge >= 0.3 is 0 Å². The standard InChI is InChI=1S/C16H19N3O3S2/c17-15(22)12-7-10-24-16(12)19-14(21)5-1-4-13(20)18-8-6-11-3-2-9-23-11/h2-3,7,9-10H,1,4-6,8H2,(H2,17,22)(H,18,20)(H,19,21). The maximum Gasteiger partial charge on any atom is 0.251 e. The number of carbonyl (C=O) groups is 3. The highest BCUT2D eigenvalue weighted by Gasteiger charge is 2.12. The van der Waals surface area contributed by atoms with Crippen molar-refractivity contribution >= 4 is 45.4 Å². The van der Waals surface area contributed by atoms with Crippen LogP contribution in [0.25, 0.3) is 0 Å². The minimum atomic E-state index is -0.573. The summed E-state index contributed by atoms with van der Waals surface area (Å²) >= 11 is 2.91. The minimum absolute atomic E-state index is 0.0618. The molecule has 2 aromatic rings. The largest absolute Gasteiger partial charge is 0.366 e. The van der Waals surface area contributed by atoms with Gasteiger partial charge in [-0.1, -0.05) is 6.07 Å². The van der Waals surface area contributed by atoms with Gasteiger partial charge in [-0.2, -0.15) is 0 Å². The van der Waals surface area contributed by atoms with Crippen LogP contribution in [0.15, 0.2) is 29.0 Å². The summed E-state index contributed by atoms with van der Waals surface area (Å²) < 4.78 is 0. The van der Waals surface area contributed by atoms with Gasteiger partial charge in [-0.3, -0.25) is 14.4 Å². The van der Waals surface area contributed by atoms with E-state index in [0.717, 1.165) is 6.42 Å². The molecular formula is C16H19N3O3S2. The van der Waals surface area contributed by atoms with Gasteiger partial charge in [0.15, 0.2) is 0 Å². The summed E-state index contributed by atoms with van der Waals surface area (Å²) in [7, 11) is 0. The van der Waals surface area contributed by atoms with Gasteiger partial charge in [0.05, 0.1) is 5.56 Å². The van der Waals surface area contributed by atoms with Crippen LogP contribution in [0, 0.1) is 0 Å². The van der Waals surface area contributed by atoms with Crippen molar-refractivity contribution in [1.82, 2.24) is 5.32 Å². The van der Waals surface area contributed by atoms with Crippen LogP contribution in [-0.2, 0) is 16.0 Å². The number of rotatable bonds is 9. The van der Waals surface area contributed by atoms with E-state index in [2.05, 4.69) is 10.6 Å². The van der Waals surface area contributed by atoms with Crippen molar-refractivity contribution in [2.24, 2.45) is 5.73 Å². The number of anilines is 1. The lowest BCUT2D eigenvalue weighted by Crippen LogP contribution is -2.25. The second kappa shape index (κ2) is 9.19. The quantitative estimate of drug-likeness (QED) is 0.636. The molecule has 0 atom stereocenters. The molecule has 0 saturated heterocycles. The molecule has 0 aromatic carbocycles. The van der Waals surface area contributed by atoms with E-state index < -0.39 is 5.91 Å². The fourth-order valence-corrected chi connectivity index (χ4v) is 3.58. The third-order valence-electron chi connectivity index (χ3n) is 3.26. The van der Waals surface area contributed by atoms with Crippen LogP contribution in [0.1, 0.15) is 34.5 Å². The highest BCUT2D eigenvalue weighted by Crippen LogP contribution is 2.22. The molecule has 8 heteroatoms.